The average molecular weight is 506 g/mol. The first-order chi connectivity index (χ1) is 18.0. The number of carbonyl (C=O) groups excluding carboxylic acids is 1. The predicted molar refractivity (Wildman–Crippen MR) is 139 cm³/mol. The maximum absolute atomic E-state index is 13.6. The summed E-state index contributed by atoms with van der Waals surface area (Å²) >= 11 is 0. The number of rotatable bonds is 9. The van der Waals surface area contributed by atoms with Crippen LogP contribution in [0.15, 0.2) is 65.3 Å². The van der Waals surface area contributed by atoms with Crippen LogP contribution < -0.4 is 14.2 Å². The van der Waals surface area contributed by atoms with Crippen LogP contribution >= 0.6 is 0 Å². The minimum Gasteiger partial charge on any atom is -0.496 e. The Kier molecular flexibility index (Phi) is 7.42. The van der Waals surface area contributed by atoms with E-state index in [1.54, 1.807) is 19.2 Å². The number of methoxy groups -OCH3 is 1. The van der Waals surface area contributed by atoms with E-state index in [0.717, 1.165) is 36.3 Å². The first-order valence-electron chi connectivity index (χ1n) is 13.0. The molecule has 2 aliphatic rings. The quantitative estimate of drug-likeness (QED) is 0.365. The summed E-state index contributed by atoms with van der Waals surface area (Å²) in [7, 11) is 1.72. The Morgan fingerprint density at radius 3 is 2.73 bits per heavy atom. The van der Waals surface area contributed by atoms with Crippen molar-refractivity contribution in [1.82, 2.24) is 4.90 Å². The number of hydrogen-bond donors (Lipinski definition) is 0. The van der Waals surface area contributed by atoms with Crippen LogP contribution in [0.5, 0.6) is 17.2 Å². The maximum atomic E-state index is 13.6. The zero-order chi connectivity index (χ0) is 25.8. The van der Waals surface area contributed by atoms with Crippen LogP contribution in [0.25, 0.3) is 0 Å². The number of nitrogens with zero attached hydrogens (tertiary/aromatic N) is 1. The summed E-state index contributed by atoms with van der Waals surface area (Å²) in [5.41, 5.74) is 1.97. The number of hydrogen-bond acceptors (Lipinski definition) is 6. The summed E-state index contributed by atoms with van der Waals surface area (Å²) in [6, 6.07) is 17.5. The Morgan fingerprint density at radius 2 is 1.95 bits per heavy atom. The predicted octanol–water partition coefficient (Wildman–Crippen LogP) is 5.82. The van der Waals surface area contributed by atoms with E-state index in [0.29, 0.717) is 37.1 Å². The number of benzene rings is 2. The number of ether oxygens (including phenoxy) is 4. The Morgan fingerprint density at radius 1 is 1.11 bits per heavy atom. The molecule has 2 aromatic carbocycles. The molecule has 7 heteroatoms. The minimum absolute atomic E-state index is 0.134. The van der Waals surface area contributed by atoms with E-state index in [2.05, 4.69) is 26.0 Å². The summed E-state index contributed by atoms with van der Waals surface area (Å²) in [6.07, 6.45) is 4.19. The van der Waals surface area contributed by atoms with E-state index in [9.17, 15) is 4.79 Å². The number of fused-ring (bicyclic) bond motifs is 1. The standard InChI is InChI=1S/C30H35NO6/c1-21(2)28-18-30(13-16-35-28,23-7-4-5-8-24(23)33-3)12-14-31(29(32)26-9-6-15-34-26)19-22-10-11-25-27(17-22)37-20-36-25/h4-11,15,17,21,28H,12-14,16,18-20H2,1-3H3/t28-,30-/m0/s1. The van der Waals surface area contributed by atoms with Gasteiger partial charge in [0.1, 0.15) is 5.75 Å². The molecule has 1 amide bonds. The van der Waals surface area contributed by atoms with Crippen LogP contribution in [0.2, 0.25) is 0 Å². The molecule has 0 radical (unpaired) electrons. The molecular weight excluding hydrogens is 470 g/mol. The molecule has 0 N–H and O–H groups in total. The van der Waals surface area contributed by atoms with Crippen LogP contribution in [-0.4, -0.2) is 44.0 Å². The molecule has 7 nitrogen and oxygen atoms in total. The van der Waals surface area contributed by atoms with Gasteiger partial charge in [-0.1, -0.05) is 38.1 Å². The lowest BCUT2D eigenvalue weighted by atomic mass is 9.68. The van der Waals surface area contributed by atoms with E-state index in [-0.39, 0.29) is 24.2 Å². The molecule has 0 spiro atoms. The number of furan rings is 1. The van der Waals surface area contributed by atoms with E-state index in [1.165, 1.54) is 11.8 Å². The third-order valence-corrected chi connectivity index (χ3v) is 7.62. The zero-order valence-electron chi connectivity index (χ0n) is 21.8. The van der Waals surface area contributed by atoms with Gasteiger partial charge in [-0.3, -0.25) is 4.79 Å². The first kappa shape index (κ1) is 25.2. The summed E-state index contributed by atoms with van der Waals surface area (Å²) in [5.74, 6) is 2.90. The number of carbonyl (C=O) groups is 1. The van der Waals surface area contributed by atoms with Gasteiger partial charge in [-0.05, 0) is 61.1 Å². The van der Waals surface area contributed by atoms with Crippen molar-refractivity contribution in [3.05, 3.63) is 77.7 Å². The number of para-hydroxylation sites is 1. The van der Waals surface area contributed by atoms with E-state index in [4.69, 9.17) is 23.4 Å². The van der Waals surface area contributed by atoms with Crippen LogP contribution in [0.4, 0.5) is 0 Å². The molecule has 3 heterocycles. The van der Waals surface area contributed by atoms with Crippen LogP contribution in [0.3, 0.4) is 0 Å². The third-order valence-electron chi connectivity index (χ3n) is 7.62. The van der Waals surface area contributed by atoms with Crippen molar-refractivity contribution in [3.63, 3.8) is 0 Å². The van der Waals surface area contributed by atoms with Crippen LogP contribution in [0.1, 0.15) is 54.8 Å². The summed E-state index contributed by atoms with van der Waals surface area (Å²) in [6.45, 7) is 6.29. The highest BCUT2D eigenvalue weighted by Gasteiger charge is 2.41. The van der Waals surface area contributed by atoms with Crippen molar-refractivity contribution < 1.29 is 28.2 Å². The fourth-order valence-electron chi connectivity index (χ4n) is 5.49. The lowest BCUT2D eigenvalue weighted by Crippen LogP contribution is -2.44. The first-order valence-corrected chi connectivity index (χ1v) is 13.0. The molecule has 1 aromatic heterocycles. The Bertz CT molecular complexity index is 1210. The van der Waals surface area contributed by atoms with Gasteiger partial charge in [-0.2, -0.15) is 0 Å². The van der Waals surface area contributed by atoms with Gasteiger partial charge in [0.25, 0.3) is 5.91 Å². The normalized spacial score (nSPS) is 20.7. The Balaban J connectivity index is 1.45. The van der Waals surface area contributed by atoms with Gasteiger partial charge in [0.15, 0.2) is 17.3 Å². The van der Waals surface area contributed by atoms with Crippen LogP contribution in [-0.2, 0) is 16.7 Å². The zero-order valence-corrected chi connectivity index (χ0v) is 21.8. The third kappa shape index (κ3) is 5.32. The highest BCUT2D eigenvalue weighted by molar-refractivity contribution is 5.91. The SMILES string of the molecule is COc1ccccc1[C@@]1(CCN(Cc2ccc3c(c2)OCO3)C(=O)c2ccco2)CCO[C@H](C(C)C)C1. The lowest BCUT2D eigenvalue weighted by molar-refractivity contribution is -0.0488. The second-order valence-corrected chi connectivity index (χ2v) is 10.2. The molecule has 1 saturated heterocycles. The fourth-order valence-corrected chi connectivity index (χ4v) is 5.49. The van der Waals surface area contributed by atoms with Gasteiger partial charge in [-0.25, -0.2) is 0 Å². The van der Waals surface area contributed by atoms with E-state index in [1.807, 2.05) is 35.2 Å². The Hall–Kier alpha value is -3.45. The molecule has 0 saturated carbocycles. The molecule has 3 aromatic rings. The largest absolute Gasteiger partial charge is 0.496 e. The highest BCUT2D eigenvalue weighted by Crippen LogP contribution is 2.45. The fraction of sp³-hybridized carbons (Fsp3) is 0.433. The van der Waals surface area contributed by atoms with Gasteiger partial charge in [-0.15, -0.1) is 0 Å². The smallest absolute Gasteiger partial charge is 0.289 e. The molecule has 5 rings (SSSR count). The molecule has 0 unspecified atom stereocenters. The summed E-state index contributed by atoms with van der Waals surface area (Å²) < 4.78 is 28.5. The van der Waals surface area contributed by atoms with Gasteiger partial charge >= 0.3 is 0 Å². The highest BCUT2D eigenvalue weighted by atomic mass is 16.7. The molecule has 0 aliphatic carbocycles. The topological polar surface area (TPSA) is 70.4 Å². The Labute approximate surface area is 218 Å². The molecule has 0 bridgehead atoms. The molecular formula is C30H35NO6. The van der Waals surface area contributed by atoms with Crippen molar-refractivity contribution in [2.24, 2.45) is 5.92 Å². The van der Waals surface area contributed by atoms with Gasteiger partial charge in [0.05, 0.1) is 19.5 Å². The summed E-state index contributed by atoms with van der Waals surface area (Å²) in [4.78, 5) is 15.4. The lowest BCUT2D eigenvalue weighted by Gasteiger charge is -2.44. The minimum atomic E-state index is -0.184. The van der Waals surface area contributed by atoms with Crippen molar-refractivity contribution in [2.75, 3.05) is 27.1 Å². The molecule has 196 valence electrons. The number of amides is 1. The molecule has 1 fully saturated rings. The monoisotopic (exact) mass is 505 g/mol. The summed E-state index contributed by atoms with van der Waals surface area (Å²) in [5, 5.41) is 0. The van der Waals surface area contributed by atoms with Crippen molar-refractivity contribution >= 4 is 5.91 Å². The van der Waals surface area contributed by atoms with Crippen molar-refractivity contribution in [3.8, 4) is 17.2 Å². The average Bonchev–Trinajstić information content (AvgIpc) is 3.63. The second kappa shape index (κ2) is 10.9. The van der Waals surface area contributed by atoms with Crippen LogP contribution in [0, 0.1) is 5.92 Å². The molecule has 2 atom stereocenters. The molecule has 37 heavy (non-hydrogen) atoms. The van der Waals surface area contributed by atoms with Gasteiger partial charge < -0.3 is 28.3 Å². The van der Waals surface area contributed by atoms with Crippen molar-refractivity contribution in [1.29, 1.82) is 0 Å². The second-order valence-electron chi connectivity index (χ2n) is 10.2. The van der Waals surface area contributed by atoms with E-state index < -0.39 is 0 Å². The van der Waals surface area contributed by atoms with Gasteiger partial charge in [0.2, 0.25) is 6.79 Å². The molecule has 2 aliphatic heterocycles. The maximum Gasteiger partial charge on any atom is 0.289 e. The van der Waals surface area contributed by atoms with Crippen molar-refractivity contribution in [2.45, 2.75) is 51.2 Å². The van der Waals surface area contributed by atoms with Gasteiger partial charge in [0, 0.05) is 30.7 Å². The van der Waals surface area contributed by atoms with E-state index >= 15 is 0 Å².